The Morgan fingerprint density at radius 3 is 1.75 bits per heavy atom. The van der Waals surface area contributed by atoms with Crippen LogP contribution in [-0.4, -0.2) is 136 Å². The summed E-state index contributed by atoms with van der Waals surface area (Å²) in [6, 6.07) is -0.821. The minimum absolute atomic E-state index is 0.0178. The number of aliphatic hydroxyl groups is 6. The van der Waals surface area contributed by atoms with Gasteiger partial charge in [0.2, 0.25) is 11.8 Å². The average molecular weight is 526 g/mol. The van der Waals surface area contributed by atoms with Crippen LogP contribution in [0.3, 0.4) is 0 Å². The summed E-state index contributed by atoms with van der Waals surface area (Å²) in [7, 11) is 0. The highest BCUT2D eigenvalue weighted by Crippen LogP contribution is 2.22. The van der Waals surface area contributed by atoms with Crippen molar-refractivity contribution in [3.8, 4) is 0 Å². The standard InChI is InChI=1S/C21H39N3O12/c1-9-13(26)15(28)17(30)20(35-9)33-7-5-23-11(3-4-12(22)25)19(32)24-6-8-34-21-18(31)16(29)14(27)10(2)36-21/h9-11,13-18,20-21,23,26-31H,3-8H2,1-2H3,(H2,22,25)(H,24,32)/t9-,10-,11-,13+,14+,15+,16+,17-,18-,20+,21+/m0/s1. The van der Waals surface area contributed by atoms with E-state index in [9.17, 15) is 40.2 Å². The zero-order valence-corrected chi connectivity index (χ0v) is 20.3. The van der Waals surface area contributed by atoms with Gasteiger partial charge in [-0.25, -0.2) is 0 Å². The van der Waals surface area contributed by atoms with Gasteiger partial charge in [-0.15, -0.1) is 0 Å². The van der Waals surface area contributed by atoms with Crippen LogP contribution in [0, 0.1) is 0 Å². The third-order valence-electron chi connectivity index (χ3n) is 6.07. The molecule has 2 amide bonds. The van der Waals surface area contributed by atoms with Crippen molar-refractivity contribution >= 4 is 11.8 Å². The molecule has 2 heterocycles. The van der Waals surface area contributed by atoms with Crippen molar-refractivity contribution in [3.05, 3.63) is 0 Å². The molecule has 0 saturated carbocycles. The van der Waals surface area contributed by atoms with E-state index in [4.69, 9.17) is 24.7 Å². The van der Waals surface area contributed by atoms with Crippen molar-refractivity contribution < 1.29 is 59.2 Å². The summed E-state index contributed by atoms with van der Waals surface area (Å²) >= 11 is 0. The normalized spacial score (nSPS) is 37.9. The summed E-state index contributed by atoms with van der Waals surface area (Å²) in [6.45, 7) is 3.08. The summed E-state index contributed by atoms with van der Waals surface area (Å²) in [5.41, 5.74) is 5.19. The Kier molecular flexibility index (Phi) is 12.3. The fourth-order valence-electron chi connectivity index (χ4n) is 3.80. The number of amides is 2. The SMILES string of the molecule is C[C@@H]1O[C@@H](OCCNC(=O)[C@H](CCC(N)=O)NCCO[C@@H]2O[C@@H](C)[C@@H](O)[C@@H](O)[C@@H]2O)[C@@H](O)[C@H](O)[C@@H]1O. The van der Waals surface area contributed by atoms with Crippen LogP contribution >= 0.6 is 0 Å². The first kappa shape index (κ1) is 30.7. The van der Waals surface area contributed by atoms with Crippen molar-refractivity contribution in [3.63, 3.8) is 0 Å². The lowest BCUT2D eigenvalue weighted by Gasteiger charge is -2.39. The van der Waals surface area contributed by atoms with Crippen LogP contribution < -0.4 is 16.4 Å². The molecule has 210 valence electrons. The van der Waals surface area contributed by atoms with E-state index in [-0.39, 0.29) is 39.1 Å². The van der Waals surface area contributed by atoms with Crippen LogP contribution in [0.1, 0.15) is 26.7 Å². The Bertz CT molecular complexity index is 703. The second kappa shape index (κ2) is 14.4. The number of carbonyl (C=O) groups is 2. The molecule has 0 aromatic heterocycles. The Morgan fingerprint density at radius 2 is 1.28 bits per heavy atom. The third kappa shape index (κ3) is 8.53. The van der Waals surface area contributed by atoms with E-state index in [0.29, 0.717) is 0 Å². The van der Waals surface area contributed by atoms with Crippen LogP contribution in [0.5, 0.6) is 0 Å². The number of hydrogen-bond donors (Lipinski definition) is 9. The summed E-state index contributed by atoms with van der Waals surface area (Å²) in [6.07, 6.45) is -12.1. The molecule has 0 spiro atoms. The zero-order valence-electron chi connectivity index (χ0n) is 20.3. The van der Waals surface area contributed by atoms with Crippen molar-refractivity contribution in [2.24, 2.45) is 5.73 Å². The maximum absolute atomic E-state index is 12.6. The average Bonchev–Trinajstić information content (AvgIpc) is 2.84. The number of primary amides is 1. The Morgan fingerprint density at radius 1 is 0.806 bits per heavy atom. The molecule has 10 N–H and O–H groups in total. The Balaban J connectivity index is 1.76. The number of aliphatic hydroxyl groups excluding tert-OH is 6. The van der Waals surface area contributed by atoms with Crippen LogP contribution in [0.2, 0.25) is 0 Å². The summed E-state index contributed by atoms with van der Waals surface area (Å²) in [4.78, 5) is 23.8. The second-order valence-corrected chi connectivity index (χ2v) is 8.91. The lowest BCUT2D eigenvalue weighted by Crippen LogP contribution is -2.57. The quantitative estimate of drug-likeness (QED) is 0.102. The molecule has 11 atom stereocenters. The molecule has 0 unspecified atom stereocenters. The zero-order chi connectivity index (χ0) is 27.0. The molecule has 2 aliphatic rings. The monoisotopic (exact) mass is 525 g/mol. The minimum Gasteiger partial charge on any atom is -0.388 e. The van der Waals surface area contributed by atoms with Crippen molar-refractivity contribution in [2.45, 2.75) is 94.1 Å². The van der Waals surface area contributed by atoms with Gasteiger partial charge in [-0.3, -0.25) is 9.59 Å². The molecular formula is C21H39N3O12. The highest BCUT2D eigenvalue weighted by atomic mass is 16.7. The fourth-order valence-corrected chi connectivity index (χ4v) is 3.80. The lowest BCUT2D eigenvalue weighted by atomic mass is 10.0. The predicted molar refractivity (Wildman–Crippen MR) is 120 cm³/mol. The fraction of sp³-hybridized carbons (Fsp3) is 0.905. The van der Waals surface area contributed by atoms with E-state index in [2.05, 4.69) is 10.6 Å². The molecule has 2 saturated heterocycles. The first-order valence-corrected chi connectivity index (χ1v) is 11.9. The molecule has 0 aliphatic carbocycles. The van der Waals surface area contributed by atoms with Gasteiger partial charge in [0.15, 0.2) is 12.6 Å². The van der Waals surface area contributed by atoms with Crippen LogP contribution in [0.15, 0.2) is 0 Å². The Hall–Kier alpha value is -1.50. The molecule has 0 aromatic carbocycles. The smallest absolute Gasteiger partial charge is 0.237 e. The van der Waals surface area contributed by atoms with Gasteiger partial charge < -0.3 is 66.0 Å². The molecule has 2 fully saturated rings. The van der Waals surface area contributed by atoms with Crippen LogP contribution in [0.25, 0.3) is 0 Å². The van der Waals surface area contributed by atoms with Crippen molar-refractivity contribution in [1.82, 2.24) is 10.6 Å². The number of nitrogens with one attached hydrogen (secondary N) is 2. The van der Waals surface area contributed by atoms with Gasteiger partial charge in [-0.2, -0.15) is 0 Å². The number of nitrogens with two attached hydrogens (primary N) is 1. The summed E-state index contributed by atoms with van der Waals surface area (Å²) in [5, 5.41) is 64.5. The van der Waals surface area contributed by atoms with E-state index in [1.54, 1.807) is 0 Å². The van der Waals surface area contributed by atoms with E-state index in [1.807, 2.05) is 0 Å². The molecule has 15 heteroatoms. The molecule has 2 rings (SSSR count). The number of rotatable bonds is 13. The van der Waals surface area contributed by atoms with E-state index < -0.39 is 79.3 Å². The van der Waals surface area contributed by atoms with Crippen molar-refractivity contribution in [2.75, 3.05) is 26.3 Å². The molecule has 0 aromatic rings. The van der Waals surface area contributed by atoms with Gasteiger partial charge >= 0.3 is 0 Å². The maximum Gasteiger partial charge on any atom is 0.237 e. The molecule has 0 radical (unpaired) electrons. The summed E-state index contributed by atoms with van der Waals surface area (Å²) in [5.74, 6) is -1.05. The van der Waals surface area contributed by atoms with Gasteiger partial charge in [0, 0.05) is 19.5 Å². The maximum atomic E-state index is 12.6. The van der Waals surface area contributed by atoms with Gasteiger partial charge in [-0.05, 0) is 20.3 Å². The van der Waals surface area contributed by atoms with Gasteiger partial charge in [0.05, 0.1) is 31.5 Å². The lowest BCUT2D eigenvalue weighted by molar-refractivity contribution is -0.292. The van der Waals surface area contributed by atoms with Crippen molar-refractivity contribution in [1.29, 1.82) is 0 Å². The Labute approximate surface area is 208 Å². The van der Waals surface area contributed by atoms with E-state index >= 15 is 0 Å². The highest BCUT2D eigenvalue weighted by Gasteiger charge is 2.43. The molecule has 15 nitrogen and oxygen atoms in total. The topological polar surface area (TPSA) is 243 Å². The second-order valence-electron chi connectivity index (χ2n) is 8.91. The molecule has 0 bridgehead atoms. The number of carbonyl (C=O) groups excluding carboxylic acids is 2. The third-order valence-corrected chi connectivity index (χ3v) is 6.07. The van der Waals surface area contributed by atoms with Gasteiger partial charge in [-0.1, -0.05) is 0 Å². The molecule has 2 aliphatic heterocycles. The summed E-state index contributed by atoms with van der Waals surface area (Å²) < 4.78 is 21.4. The first-order valence-electron chi connectivity index (χ1n) is 11.9. The molecular weight excluding hydrogens is 486 g/mol. The predicted octanol–water partition coefficient (Wildman–Crippen LogP) is -4.99. The van der Waals surface area contributed by atoms with Crippen LogP contribution in [-0.2, 0) is 28.5 Å². The minimum atomic E-state index is -1.46. The van der Waals surface area contributed by atoms with E-state index in [1.165, 1.54) is 13.8 Å². The largest absolute Gasteiger partial charge is 0.388 e. The molecule has 36 heavy (non-hydrogen) atoms. The number of hydrogen-bond acceptors (Lipinski definition) is 13. The van der Waals surface area contributed by atoms with Gasteiger partial charge in [0.1, 0.15) is 36.6 Å². The number of ether oxygens (including phenoxy) is 4. The highest BCUT2D eigenvalue weighted by molar-refractivity contribution is 5.82. The first-order chi connectivity index (χ1) is 16.9. The van der Waals surface area contributed by atoms with Crippen LogP contribution in [0.4, 0.5) is 0 Å². The van der Waals surface area contributed by atoms with E-state index in [0.717, 1.165) is 0 Å². The van der Waals surface area contributed by atoms with Gasteiger partial charge in [0.25, 0.3) is 0 Å².